The number of alkyl carbamates (subject to hydrolysis) is 1. The van der Waals surface area contributed by atoms with E-state index in [1.807, 2.05) is 84.9 Å². The highest BCUT2D eigenvalue weighted by molar-refractivity contribution is 5.98. The first-order valence-corrected chi connectivity index (χ1v) is 12.6. The molecule has 3 aromatic carbocycles. The van der Waals surface area contributed by atoms with Crippen molar-refractivity contribution in [3.63, 3.8) is 0 Å². The summed E-state index contributed by atoms with van der Waals surface area (Å²) in [5.74, 6) is -0.761. The van der Waals surface area contributed by atoms with Gasteiger partial charge in [-0.3, -0.25) is 4.79 Å². The molecule has 0 spiro atoms. The first-order chi connectivity index (χ1) is 17.8. The molecule has 1 atom stereocenters. The third-order valence-electron chi connectivity index (χ3n) is 6.09. The van der Waals surface area contributed by atoms with Crippen LogP contribution in [-0.2, 0) is 14.3 Å². The molecule has 1 aliphatic rings. The van der Waals surface area contributed by atoms with Crippen molar-refractivity contribution in [1.29, 1.82) is 0 Å². The van der Waals surface area contributed by atoms with Crippen LogP contribution in [0.2, 0.25) is 0 Å². The molecule has 6 nitrogen and oxygen atoms in total. The Labute approximate surface area is 218 Å². The Morgan fingerprint density at radius 1 is 0.865 bits per heavy atom. The van der Waals surface area contributed by atoms with Crippen molar-refractivity contribution in [3.05, 3.63) is 108 Å². The van der Waals surface area contributed by atoms with Crippen molar-refractivity contribution >= 4 is 23.3 Å². The first kappa shape index (κ1) is 26.2. The predicted octanol–water partition coefficient (Wildman–Crippen LogP) is 6.15. The second-order valence-corrected chi connectivity index (χ2v) is 10.0. The van der Waals surface area contributed by atoms with Crippen molar-refractivity contribution in [1.82, 2.24) is 5.32 Å². The number of carbonyl (C=O) groups excluding carboxylic acids is 2. The van der Waals surface area contributed by atoms with Gasteiger partial charge in [-0.25, -0.2) is 4.79 Å². The Morgan fingerprint density at radius 3 is 1.97 bits per heavy atom. The van der Waals surface area contributed by atoms with Crippen molar-refractivity contribution < 1.29 is 19.1 Å². The molecule has 2 amide bonds. The molecular weight excluding hydrogens is 464 g/mol. The minimum absolute atomic E-state index is 0.332. The fourth-order valence-electron chi connectivity index (χ4n) is 4.41. The van der Waals surface area contributed by atoms with E-state index in [1.54, 1.807) is 20.8 Å². The van der Waals surface area contributed by atoms with Crippen LogP contribution in [0.5, 0.6) is 0 Å². The number of anilines is 1. The lowest BCUT2D eigenvalue weighted by molar-refractivity contribution is -0.118. The number of carbonyl (C=O) groups is 2. The highest BCUT2D eigenvalue weighted by atomic mass is 16.6. The summed E-state index contributed by atoms with van der Waals surface area (Å²) in [6.07, 6.45) is 2.30. The van der Waals surface area contributed by atoms with E-state index in [9.17, 15) is 9.59 Å². The zero-order valence-corrected chi connectivity index (χ0v) is 21.6. The molecule has 192 valence electrons. The molecule has 1 heterocycles. The summed E-state index contributed by atoms with van der Waals surface area (Å²) in [4.78, 5) is 26.7. The van der Waals surface area contributed by atoms with Gasteiger partial charge in [0.25, 0.3) is 0 Å². The fourth-order valence-corrected chi connectivity index (χ4v) is 4.41. The second kappa shape index (κ2) is 11.9. The van der Waals surface area contributed by atoms with Crippen LogP contribution >= 0.6 is 0 Å². The topological polar surface area (TPSA) is 76.7 Å². The maximum Gasteiger partial charge on any atom is 0.408 e. The quantitative estimate of drug-likeness (QED) is 0.409. The third kappa shape index (κ3) is 7.30. The van der Waals surface area contributed by atoms with Crippen LogP contribution in [0.4, 0.5) is 10.5 Å². The number of benzene rings is 3. The van der Waals surface area contributed by atoms with E-state index >= 15 is 0 Å². The lowest BCUT2D eigenvalue weighted by atomic mass is 9.84. The Balaban J connectivity index is 1.64. The SMILES string of the molecule is CC(C)(C)OC(=O)N[C@H](C(=O)Nc1ccc(C2=CCOCC2)cc1)C(c1ccccc1)c1ccccc1. The van der Waals surface area contributed by atoms with Gasteiger partial charge in [-0.2, -0.15) is 0 Å². The largest absolute Gasteiger partial charge is 0.444 e. The highest BCUT2D eigenvalue weighted by Gasteiger charge is 2.34. The first-order valence-electron chi connectivity index (χ1n) is 12.6. The second-order valence-electron chi connectivity index (χ2n) is 10.0. The van der Waals surface area contributed by atoms with E-state index in [-0.39, 0.29) is 5.91 Å². The molecule has 3 aromatic rings. The maximum atomic E-state index is 13.8. The summed E-state index contributed by atoms with van der Waals surface area (Å²) in [6.45, 7) is 6.71. The van der Waals surface area contributed by atoms with Crippen molar-refractivity contribution in [2.75, 3.05) is 18.5 Å². The summed E-state index contributed by atoms with van der Waals surface area (Å²) < 4.78 is 10.9. The van der Waals surface area contributed by atoms with Gasteiger partial charge in [-0.15, -0.1) is 0 Å². The fraction of sp³-hybridized carbons (Fsp3) is 0.290. The van der Waals surface area contributed by atoms with Gasteiger partial charge < -0.3 is 20.1 Å². The maximum absolute atomic E-state index is 13.8. The smallest absolute Gasteiger partial charge is 0.408 e. The molecule has 6 heteroatoms. The van der Waals surface area contributed by atoms with Crippen LogP contribution in [0, 0.1) is 0 Å². The van der Waals surface area contributed by atoms with Crippen LogP contribution in [0.1, 0.15) is 49.8 Å². The van der Waals surface area contributed by atoms with Crippen molar-refractivity contribution in [2.45, 2.75) is 44.8 Å². The molecule has 0 aliphatic carbocycles. The molecule has 0 saturated heterocycles. The Kier molecular flexibility index (Phi) is 8.41. The summed E-state index contributed by atoms with van der Waals surface area (Å²) >= 11 is 0. The van der Waals surface area contributed by atoms with Gasteiger partial charge in [0, 0.05) is 11.6 Å². The van der Waals surface area contributed by atoms with Gasteiger partial charge >= 0.3 is 6.09 Å². The van der Waals surface area contributed by atoms with Gasteiger partial charge in [0.2, 0.25) is 5.91 Å². The molecule has 37 heavy (non-hydrogen) atoms. The number of ether oxygens (including phenoxy) is 2. The van der Waals surface area contributed by atoms with Gasteiger partial charge in [-0.1, -0.05) is 78.9 Å². The normalized spacial score (nSPS) is 14.4. The van der Waals surface area contributed by atoms with E-state index < -0.39 is 23.7 Å². The van der Waals surface area contributed by atoms with Crippen molar-refractivity contribution in [3.8, 4) is 0 Å². The van der Waals surface area contributed by atoms with Gasteiger partial charge in [0.15, 0.2) is 0 Å². The average molecular weight is 499 g/mol. The number of rotatable bonds is 7. The zero-order chi connectivity index (χ0) is 26.3. The number of nitrogens with one attached hydrogen (secondary N) is 2. The summed E-state index contributed by atoms with van der Waals surface area (Å²) in [7, 11) is 0. The van der Waals surface area contributed by atoms with Crippen LogP contribution < -0.4 is 10.6 Å². The van der Waals surface area contributed by atoms with E-state index in [0.717, 1.165) is 23.1 Å². The Bertz CT molecular complexity index is 1180. The number of amides is 2. The van der Waals surface area contributed by atoms with Crippen LogP contribution in [0.15, 0.2) is 91.0 Å². The van der Waals surface area contributed by atoms with E-state index in [4.69, 9.17) is 9.47 Å². The molecule has 0 radical (unpaired) electrons. The van der Waals surface area contributed by atoms with E-state index in [0.29, 0.717) is 18.9 Å². The lowest BCUT2D eigenvalue weighted by Crippen LogP contribution is -2.49. The monoisotopic (exact) mass is 498 g/mol. The van der Waals surface area contributed by atoms with Gasteiger partial charge in [-0.05, 0) is 61.6 Å². The van der Waals surface area contributed by atoms with Crippen LogP contribution in [0.25, 0.3) is 5.57 Å². The Morgan fingerprint density at radius 2 is 1.46 bits per heavy atom. The average Bonchev–Trinajstić information content (AvgIpc) is 2.89. The number of hydrogen-bond donors (Lipinski definition) is 2. The molecule has 0 aromatic heterocycles. The Hall–Kier alpha value is -3.90. The molecule has 1 aliphatic heterocycles. The molecule has 0 bridgehead atoms. The minimum atomic E-state index is -0.919. The molecule has 2 N–H and O–H groups in total. The van der Waals surface area contributed by atoms with E-state index in [2.05, 4.69) is 16.7 Å². The van der Waals surface area contributed by atoms with Gasteiger partial charge in [0.05, 0.1) is 13.2 Å². The van der Waals surface area contributed by atoms with Gasteiger partial charge in [0.1, 0.15) is 11.6 Å². The minimum Gasteiger partial charge on any atom is -0.444 e. The van der Waals surface area contributed by atoms with Crippen molar-refractivity contribution in [2.24, 2.45) is 0 Å². The molecular formula is C31H34N2O4. The van der Waals surface area contributed by atoms with Crippen LogP contribution in [0.3, 0.4) is 0 Å². The highest BCUT2D eigenvalue weighted by Crippen LogP contribution is 2.30. The summed E-state index contributed by atoms with van der Waals surface area (Å²) in [5.41, 5.74) is 4.11. The summed E-state index contributed by atoms with van der Waals surface area (Å²) in [6, 6.07) is 26.3. The summed E-state index contributed by atoms with van der Waals surface area (Å²) in [5, 5.41) is 5.86. The third-order valence-corrected chi connectivity index (χ3v) is 6.09. The molecule has 4 rings (SSSR count). The molecule has 0 fully saturated rings. The zero-order valence-electron chi connectivity index (χ0n) is 21.6. The standard InChI is InChI=1S/C31H34N2O4/c1-31(2,3)37-30(35)33-28(27(24-10-6-4-7-11-24)25-12-8-5-9-13-25)29(34)32-26-16-14-22(15-17-26)23-18-20-36-21-19-23/h4-18,27-28H,19-21H2,1-3H3,(H,32,34)(H,33,35)/t28-/m0/s1. The lowest BCUT2D eigenvalue weighted by Gasteiger charge is -2.29. The predicted molar refractivity (Wildman–Crippen MR) is 146 cm³/mol. The van der Waals surface area contributed by atoms with Crippen LogP contribution in [-0.4, -0.2) is 36.9 Å². The molecule has 0 saturated carbocycles. The molecule has 0 unspecified atom stereocenters. The van der Waals surface area contributed by atoms with E-state index in [1.165, 1.54) is 5.57 Å². The number of hydrogen-bond acceptors (Lipinski definition) is 4.